The van der Waals surface area contributed by atoms with Crippen LogP contribution in [-0.4, -0.2) is 45.8 Å². The van der Waals surface area contributed by atoms with Gasteiger partial charge in [-0.3, -0.25) is 9.88 Å². The zero-order valence-electron chi connectivity index (χ0n) is 9.91. The normalized spacial score (nSPS) is 27.6. The van der Waals surface area contributed by atoms with Crippen LogP contribution < -0.4 is 11.0 Å². The summed E-state index contributed by atoms with van der Waals surface area (Å²) in [5.41, 5.74) is -0.197. The molecule has 2 aliphatic rings. The van der Waals surface area contributed by atoms with Gasteiger partial charge in [-0.25, -0.2) is 9.89 Å². The number of H-pyrrole nitrogens is 2. The molecule has 2 fully saturated rings. The second-order valence-corrected chi connectivity index (χ2v) is 4.94. The Hall–Kier alpha value is -1.14. The van der Waals surface area contributed by atoms with Gasteiger partial charge in [0.25, 0.3) is 0 Å². The van der Waals surface area contributed by atoms with Gasteiger partial charge in [0.1, 0.15) is 5.82 Å². The van der Waals surface area contributed by atoms with Crippen molar-refractivity contribution in [3.63, 3.8) is 0 Å². The van der Waals surface area contributed by atoms with E-state index in [9.17, 15) is 4.79 Å². The molecule has 1 aromatic heterocycles. The second kappa shape index (κ2) is 4.62. The summed E-state index contributed by atoms with van der Waals surface area (Å²) >= 11 is 0. The van der Waals surface area contributed by atoms with E-state index < -0.39 is 0 Å². The minimum atomic E-state index is -0.197. The Balaban J connectivity index is 1.77. The van der Waals surface area contributed by atoms with Gasteiger partial charge in [0.05, 0.1) is 6.04 Å². The summed E-state index contributed by atoms with van der Waals surface area (Å²) in [5, 5.41) is 9.95. The van der Waals surface area contributed by atoms with E-state index in [4.69, 9.17) is 0 Å². The SMILES string of the molecule is O=c1[nH]nc(C2CCCN2C2CCNCC2)[nH]1. The highest BCUT2D eigenvalue weighted by atomic mass is 16.1. The third-order valence-electron chi connectivity index (χ3n) is 3.91. The lowest BCUT2D eigenvalue weighted by molar-refractivity contribution is 0.143. The van der Waals surface area contributed by atoms with E-state index in [0.717, 1.165) is 31.9 Å². The zero-order valence-corrected chi connectivity index (χ0v) is 9.91. The lowest BCUT2D eigenvalue weighted by Gasteiger charge is -2.34. The maximum atomic E-state index is 11.1. The molecule has 1 aromatic rings. The van der Waals surface area contributed by atoms with Crippen LogP contribution in [0.3, 0.4) is 0 Å². The van der Waals surface area contributed by atoms with Gasteiger partial charge >= 0.3 is 5.69 Å². The molecular weight excluding hydrogens is 218 g/mol. The van der Waals surface area contributed by atoms with Gasteiger partial charge < -0.3 is 5.32 Å². The first kappa shape index (κ1) is 11.0. The van der Waals surface area contributed by atoms with Crippen molar-refractivity contribution in [1.82, 2.24) is 25.4 Å². The predicted octanol–water partition coefficient (Wildman–Crippen LogP) is -0.0131. The van der Waals surface area contributed by atoms with E-state index in [-0.39, 0.29) is 5.69 Å². The molecule has 17 heavy (non-hydrogen) atoms. The summed E-state index contributed by atoms with van der Waals surface area (Å²) in [5.74, 6) is 0.811. The fourth-order valence-corrected chi connectivity index (χ4v) is 3.10. The molecule has 94 valence electrons. The Morgan fingerprint density at radius 3 is 2.76 bits per heavy atom. The highest BCUT2D eigenvalue weighted by Gasteiger charge is 2.33. The van der Waals surface area contributed by atoms with Crippen molar-refractivity contribution in [2.75, 3.05) is 19.6 Å². The molecule has 0 saturated carbocycles. The summed E-state index contributed by atoms with van der Waals surface area (Å²) in [6, 6.07) is 0.945. The summed E-state index contributed by atoms with van der Waals surface area (Å²) in [4.78, 5) is 16.5. The van der Waals surface area contributed by atoms with E-state index in [0.29, 0.717) is 12.1 Å². The fourth-order valence-electron chi connectivity index (χ4n) is 3.10. The molecule has 0 radical (unpaired) electrons. The quantitative estimate of drug-likeness (QED) is 0.676. The first-order valence-electron chi connectivity index (χ1n) is 6.45. The number of hydrogen-bond donors (Lipinski definition) is 3. The molecule has 6 heteroatoms. The number of piperidine rings is 1. The van der Waals surface area contributed by atoms with Crippen molar-refractivity contribution in [3.8, 4) is 0 Å². The highest BCUT2D eigenvalue weighted by Crippen LogP contribution is 2.33. The number of likely N-dealkylation sites (tertiary alicyclic amines) is 1. The van der Waals surface area contributed by atoms with Gasteiger partial charge in [-0.05, 0) is 45.3 Å². The predicted molar refractivity (Wildman–Crippen MR) is 63.8 cm³/mol. The van der Waals surface area contributed by atoms with E-state index >= 15 is 0 Å². The Labute approximate surface area is 99.8 Å². The summed E-state index contributed by atoms with van der Waals surface area (Å²) in [7, 11) is 0. The molecule has 2 saturated heterocycles. The van der Waals surface area contributed by atoms with Crippen LogP contribution in [0.1, 0.15) is 37.5 Å². The largest absolute Gasteiger partial charge is 0.340 e. The van der Waals surface area contributed by atoms with Crippen molar-refractivity contribution in [3.05, 3.63) is 16.3 Å². The van der Waals surface area contributed by atoms with Crippen LogP contribution in [0.15, 0.2) is 4.79 Å². The minimum Gasteiger partial charge on any atom is -0.317 e. The molecule has 3 N–H and O–H groups in total. The first-order valence-corrected chi connectivity index (χ1v) is 6.45. The van der Waals surface area contributed by atoms with Crippen LogP contribution in [0.25, 0.3) is 0 Å². The first-order chi connectivity index (χ1) is 8.34. The number of nitrogens with zero attached hydrogens (tertiary/aromatic N) is 2. The summed E-state index contributed by atoms with van der Waals surface area (Å²) in [6.07, 6.45) is 4.70. The number of rotatable bonds is 2. The van der Waals surface area contributed by atoms with Crippen molar-refractivity contribution < 1.29 is 0 Å². The van der Waals surface area contributed by atoms with E-state index in [1.807, 2.05) is 0 Å². The van der Waals surface area contributed by atoms with E-state index in [1.165, 1.54) is 19.3 Å². The average molecular weight is 237 g/mol. The van der Waals surface area contributed by atoms with Gasteiger partial charge in [-0.15, -0.1) is 0 Å². The number of hydrogen-bond acceptors (Lipinski definition) is 4. The Kier molecular flexibility index (Phi) is 2.98. The molecule has 1 atom stereocenters. The van der Waals surface area contributed by atoms with Crippen LogP contribution in [0.4, 0.5) is 0 Å². The monoisotopic (exact) mass is 237 g/mol. The Morgan fingerprint density at radius 1 is 1.24 bits per heavy atom. The third kappa shape index (κ3) is 2.14. The molecule has 0 spiro atoms. The highest BCUT2D eigenvalue weighted by molar-refractivity contribution is 4.98. The number of aromatic amines is 2. The summed E-state index contributed by atoms with van der Waals surface area (Å²) in [6.45, 7) is 3.33. The molecule has 0 aliphatic carbocycles. The smallest absolute Gasteiger partial charge is 0.317 e. The molecule has 6 nitrogen and oxygen atoms in total. The van der Waals surface area contributed by atoms with Crippen LogP contribution in [0.2, 0.25) is 0 Å². The van der Waals surface area contributed by atoms with Crippen LogP contribution >= 0.6 is 0 Å². The molecule has 3 rings (SSSR count). The zero-order chi connectivity index (χ0) is 11.7. The lowest BCUT2D eigenvalue weighted by atomic mass is 10.0. The van der Waals surface area contributed by atoms with Gasteiger partial charge in [0.2, 0.25) is 0 Å². The number of aromatic nitrogens is 3. The van der Waals surface area contributed by atoms with Crippen molar-refractivity contribution in [1.29, 1.82) is 0 Å². The van der Waals surface area contributed by atoms with Gasteiger partial charge in [-0.2, -0.15) is 5.10 Å². The lowest BCUT2D eigenvalue weighted by Crippen LogP contribution is -2.42. The van der Waals surface area contributed by atoms with Crippen molar-refractivity contribution in [2.45, 2.75) is 37.8 Å². The maximum Gasteiger partial charge on any atom is 0.340 e. The Bertz CT molecular complexity index is 419. The number of nitrogens with one attached hydrogen (secondary N) is 3. The van der Waals surface area contributed by atoms with E-state index in [1.54, 1.807) is 0 Å². The average Bonchev–Trinajstić information content (AvgIpc) is 2.98. The topological polar surface area (TPSA) is 76.8 Å². The van der Waals surface area contributed by atoms with Crippen LogP contribution in [0, 0.1) is 0 Å². The van der Waals surface area contributed by atoms with E-state index in [2.05, 4.69) is 25.4 Å². The standard InChI is InChI=1S/C11H19N5O/c17-11-13-10(14-15-11)9-2-1-7-16(9)8-3-5-12-6-4-8/h8-9,12H,1-7H2,(H2,13,14,15,17). The molecule has 0 bridgehead atoms. The minimum absolute atomic E-state index is 0.197. The van der Waals surface area contributed by atoms with Crippen LogP contribution in [0.5, 0.6) is 0 Å². The third-order valence-corrected chi connectivity index (χ3v) is 3.91. The molecular formula is C11H19N5O. The van der Waals surface area contributed by atoms with Crippen molar-refractivity contribution >= 4 is 0 Å². The van der Waals surface area contributed by atoms with Crippen LogP contribution in [-0.2, 0) is 0 Å². The van der Waals surface area contributed by atoms with Crippen molar-refractivity contribution in [2.24, 2.45) is 0 Å². The molecule has 3 heterocycles. The molecule has 1 unspecified atom stereocenters. The maximum absolute atomic E-state index is 11.1. The molecule has 0 amide bonds. The fraction of sp³-hybridized carbons (Fsp3) is 0.818. The van der Waals surface area contributed by atoms with Gasteiger partial charge in [0, 0.05) is 6.04 Å². The molecule has 0 aromatic carbocycles. The van der Waals surface area contributed by atoms with Gasteiger partial charge in [0.15, 0.2) is 0 Å². The second-order valence-electron chi connectivity index (χ2n) is 4.94. The van der Waals surface area contributed by atoms with Gasteiger partial charge in [-0.1, -0.05) is 0 Å². The molecule has 2 aliphatic heterocycles. The Morgan fingerprint density at radius 2 is 2.06 bits per heavy atom. The summed E-state index contributed by atoms with van der Waals surface area (Å²) < 4.78 is 0.